The average Bonchev–Trinajstić information content (AvgIpc) is 2.55. The largest absolute Gasteiger partial charge is 0.469 e. The van der Waals surface area contributed by atoms with Crippen LogP contribution in [0.3, 0.4) is 0 Å². The van der Waals surface area contributed by atoms with Gasteiger partial charge in [-0.3, -0.25) is 4.79 Å². The number of carbonyl (C=O) groups is 2. The molecule has 0 bridgehead atoms. The summed E-state index contributed by atoms with van der Waals surface area (Å²) in [4.78, 5) is 25.2. The number of rotatable bonds is 4. The molecular weight excluding hydrogens is 284 g/mol. The summed E-state index contributed by atoms with van der Waals surface area (Å²) in [7, 11) is 1.34. The Hall–Kier alpha value is -2.08. The third kappa shape index (κ3) is 2.92. The summed E-state index contributed by atoms with van der Waals surface area (Å²) in [6.45, 7) is 0.804. The molecule has 120 valence electrons. The predicted octanol–water partition coefficient (Wildman–Crippen LogP) is 1.66. The third-order valence-corrected chi connectivity index (χ3v) is 4.49. The minimum Gasteiger partial charge on any atom is -0.469 e. The normalized spacial score (nSPS) is 22.9. The summed E-state index contributed by atoms with van der Waals surface area (Å²) in [6.07, 6.45) is 0.169. The quantitative estimate of drug-likeness (QED) is 0.825. The summed E-state index contributed by atoms with van der Waals surface area (Å²) in [5.74, 6) is -0.666. The Morgan fingerprint density at radius 3 is 2.64 bits per heavy atom. The number of piperidine rings is 1. The van der Waals surface area contributed by atoms with Gasteiger partial charge in [0.1, 0.15) is 0 Å². The molecule has 1 aliphatic rings. The van der Waals surface area contributed by atoms with E-state index in [1.54, 1.807) is 0 Å². The second kappa shape index (κ2) is 6.79. The van der Waals surface area contributed by atoms with Gasteiger partial charge >= 0.3 is 12.1 Å². The van der Waals surface area contributed by atoms with Gasteiger partial charge in [-0.2, -0.15) is 0 Å². The lowest BCUT2D eigenvalue weighted by Crippen LogP contribution is -2.54. The fourth-order valence-corrected chi connectivity index (χ4v) is 3.41. The molecule has 0 spiro atoms. The summed E-state index contributed by atoms with van der Waals surface area (Å²) < 4.78 is 5.01. The van der Waals surface area contributed by atoms with Crippen molar-refractivity contribution in [3.63, 3.8) is 0 Å². The number of esters is 1. The van der Waals surface area contributed by atoms with Crippen LogP contribution >= 0.6 is 0 Å². The molecular formula is C16H22N2O4. The van der Waals surface area contributed by atoms with E-state index in [1.165, 1.54) is 12.0 Å². The molecule has 1 aromatic carbocycles. The highest BCUT2D eigenvalue weighted by atomic mass is 16.5. The van der Waals surface area contributed by atoms with Crippen molar-refractivity contribution in [2.24, 2.45) is 11.1 Å². The van der Waals surface area contributed by atoms with Gasteiger partial charge in [0.05, 0.1) is 12.5 Å². The van der Waals surface area contributed by atoms with Crippen molar-refractivity contribution in [1.29, 1.82) is 0 Å². The Bertz CT molecular complexity index is 534. The highest BCUT2D eigenvalue weighted by molar-refractivity contribution is 5.80. The Balaban J connectivity index is 2.44. The average molecular weight is 306 g/mol. The summed E-state index contributed by atoms with van der Waals surface area (Å²) in [6, 6.07) is 9.51. The Kier molecular flexibility index (Phi) is 5.03. The van der Waals surface area contributed by atoms with Gasteiger partial charge in [-0.1, -0.05) is 30.3 Å². The van der Waals surface area contributed by atoms with Gasteiger partial charge in [-0.15, -0.1) is 0 Å². The number of carbonyl (C=O) groups excluding carboxylic acids is 1. The van der Waals surface area contributed by atoms with Crippen molar-refractivity contribution < 1.29 is 19.4 Å². The number of hydrogen-bond donors (Lipinski definition) is 2. The second-order valence-electron chi connectivity index (χ2n) is 5.65. The van der Waals surface area contributed by atoms with E-state index < -0.39 is 17.5 Å². The van der Waals surface area contributed by atoms with Crippen LogP contribution in [-0.4, -0.2) is 48.8 Å². The minimum absolute atomic E-state index is 0.117. The van der Waals surface area contributed by atoms with E-state index in [9.17, 15) is 14.7 Å². The van der Waals surface area contributed by atoms with E-state index >= 15 is 0 Å². The lowest BCUT2D eigenvalue weighted by atomic mass is 9.67. The molecule has 2 unspecified atom stereocenters. The highest BCUT2D eigenvalue weighted by Gasteiger charge is 2.50. The Labute approximate surface area is 129 Å². The van der Waals surface area contributed by atoms with Crippen LogP contribution in [0.5, 0.6) is 0 Å². The van der Waals surface area contributed by atoms with E-state index in [0.29, 0.717) is 19.4 Å². The van der Waals surface area contributed by atoms with Crippen LogP contribution in [-0.2, 0) is 9.53 Å². The highest BCUT2D eigenvalue weighted by Crippen LogP contribution is 2.43. The number of nitrogens with two attached hydrogens (primary N) is 1. The molecule has 1 aliphatic heterocycles. The zero-order valence-electron chi connectivity index (χ0n) is 12.7. The van der Waals surface area contributed by atoms with Crippen LogP contribution in [0.1, 0.15) is 24.3 Å². The van der Waals surface area contributed by atoms with E-state index in [0.717, 1.165) is 5.56 Å². The molecule has 0 radical (unpaired) electrons. The van der Waals surface area contributed by atoms with Gasteiger partial charge in [0.2, 0.25) is 0 Å². The van der Waals surface area contributed by atoms with Gasteiger partial charge in [-0.25, -0.2) is 4.79 Å². The predicted molar refractivity (Wildman–Crippen MR) is 81.5 cm³/mol. The molecule has 1 saturated heterocycles. The molecule has 2 rings (SSSR count). The molecule has 0 aliphatic carbocycles. The maximum Gasteiger partial charge on any atom is 0.407 e. The van der Waals surface area contributed by atoms with Crippen molar-refractivity contribution in [3.05, 3.63) is 35.9 Å². The molecule has 0 saturated carbocycles. The van der Waals surface area contributed by atoms with Gasteiger partial charge in [0.25, 0.3) is 0 Å². The molecule has 3 N–H and O–H groups in total. The first-order valence-corrected chi connectivity index (χ1v) is 7.36. The van der Waals surface area contributed by atoms with Crippen molar-refractivity contribution >= 4 is 12.1 Å². The minimum atomic E-state index is -1.02. The topological polar surface area (TPSA) is 92.9 Å². The van der Waals surface area contributed by atoms with Gasteiger partial charge in [0.15, 0.2) is 0 Å². The molecule has 22 heavy (non-hydrogen) atoms. The van der Waals surface area contributed by atoms with E-state index in [1.807, 2.05) is 30.3 Å². The van der Waals surface area contributed by atoms with Crippen molar-refractivity contribution in [1.82, 2.24) is 4.90 Å². The smallest absolute Gasteiger partial charge is 0.407 e. The summed E-state index contributed by atoms with van der Waals surface area (Å²) in [5, 5.41) is 9.29. The zero-order chi connectivity index (χ0) is 16.2. The van der Waals surface area contributed by atoms with E-state index in [4.69, 9.17) is 10.5 Å². The van der Waals surface area contributed by atoms with Crippen LogP contribution in [0, 0.1) is 5.41 Å². The monoisotopic (exact) mass is 306 g/mol. The fraction of sp³-hybridized carbons (Fsp3) is 0.500. The van der Waals surface area contributed by atoms with Crippen LogP contribution in [0.25, 0.3) is 0 Å². The summed E-state index contributed by atoms with van der Waals surface area (Å²) >= 11 is 0. The maximum absolute atomic E-state index is 12.5. The lowest BCUT2D eigenvalue weighted by Gasteiger charge is -2.44. The van der Waals surface area contributed by atoms with Crippen LogP contribution < -0.4 is 5.73 Å². The van der Waals surface area contributed by atoms with Gasteiger partial charge < -0.3 is 20.5 Å². The zero-order valence-corrected chi connectivity index (χ0v) is 12.7. The SMILES string of the molecule is COC(=O)C1(C(CN)c2ccccc2)CCCN(C(=O)O)C1. The van der Waals surface area contributed by atoms with Crippen molar-refractivity contribution in [2.45, 2.75) is 18.8 Å². The molecule has 1 amide bonds. The number of amides is 1. The van der Waals surface area contributed by atoms with Crippen molar-refractivity contribution in [3.8, 4) is 0 Å². The van der Waals surface area contributed by atoms with Crippen LogP contribution in [0.15, 0.2) is 30.3 Å². The molecule has 1 heterocycles. The van der Waals surface area contributed by atoms with Crippen molar-refractivity contribution in [2.75, 3.05) is 26.7 Å². The second-order valence-corrected chi connectivity index (χ2v) is 5.65. The molecule has 0 aromatic heterocycles. The van der Waals surface area contributed by atoms with E-state index in [-0.39, 0.29) is 19.0 Å². The lowest BCUT2D eigenvalue weighted by molar-refractivity contribution is -0.157. The maximum atomic E-state index is 12.5. The number of ether oxygens (including phenoxy) is 1. The standard InChI is InChI=1S/C16H22N2O4/c1-22-14(19)16(8-5-9-18(11-16)15(20)21)13(10-17)12-6-3-2-4-7-12/h2-4,6-7,13H,5,8-11,17H2,1H3,(H,20,21). The number of benzene rings is 1. The number of likely N-dealkylation sites (tertiary alicyclic amines) is 1. The van der Waals surface area contributed by atoms with E-state index in [2.05, 4.69) is 0 Å². The molecule has 6 nitrogen and oxygen atoms in total. The number of hydrogen-bond acceptors (Lipinski definition) is 4. The first-order valence-electron chi connectivity index (χ1n) is 7.36. The van der Waals surface area contributed by atoms with Crippen LogP contribution in [0.4, 0.5) is 4.79 Å². The number of methoxy groups -OCH3 is 1. The first-order chi connectivity index (χ1) is 10.5. The Morgan fingerprint density at radius 2 is 2.09 bits per heavy atom. The Morgan fingerprint density at radius 1 is 1.41 bits per heavy atom. The molecule has 2 atom stereocenters. The molecule has 6 heteroatoms. The van der Waals surface area contributed by atoms with Gasteiger partial charge in [0, 0.05) is 25.6 Å². The van der Waals surface area contributed by atoms with Gasteiger partial charge in [-0.05, 0) is 18.4 Å². The summed E-state index contributed by atoms with van der Waals surface area (Å²) in [5.41, 5.74) is 5.97. The molecule has 1 fully saturated rings. The fourth-order valence-electron chi connectivity index (χ4n) is 3.41. The third-order valence-electron chi connectivity index (χ3n) is 4.49. The first kappa shape index (κ1) is 16.3. The number of carboxylic acid groups (broad SMARTS) is 1. The molecule has 1 aromatic rings. The number of nitrogens with zero attached hydrogens (tertiary/aromatic N) is 1. The van der Waals surface area contributed by atoms with Crippen LogP contribution in [0.2, 0.25) is 0 Å².